The highest BCUT2D eigenvalue weighted by atomic mass is 35.5. The molecular formula is C19H15ClN2O4. The van der Waals surface area contributed by atoms with Gasteiger partial charge in [0.1, 0.15) is 11.5 Å². The monoisotopic (exact) mass is 370 g/mol. The van der Waals surface area contributed by atoms with Gasteiger partial charge in [0.25, 0.3) is 5.91 Å². The molecule has 0 saturated heterocycles. The zero-order chi connectivity index (χ0) is 18.5. The summed E-state index contributed by atoms with van der Waals surface area (Å²) in [6.07, 6.45) is 0. The molecule has 0 aliphatic rings. The molecule has 1 N–H and O–H groups in total. The van der Waals surface area contributed by atoms with Crippen LogP contribution in [0.2, 0.25) is 5.02 Å². The third-order valence-electron chi connectivity index (χ3n) is 3.49. The van der Waals surface area contributed by atoms with Gasteiger partial charge in [-0.3, -0.25) is 9.59 Å². The van der Waals surface area contributed by atoms with Crippen molar-refractivity contribution in [1.29, 1.82) is 0 Å². The van der Waals surface area contributed by atoms with E-state index in [4.69, 9.17) is 20.9 Å². The quantitative estimate of drug-likeness (QED) is 0.666. The largest absolute Gasteiger partial charge is 0.484 e. The number of nitrogens with zero attached hydrogens (tertiary/aromatic N) is 1. The number of benzene rings is 2. The Morgan fingerprint density at radius 1 is 1.08 bits per heavy atom. The number of carbonyl (C=O) groups is 2. The van der Waals surface area contributed by atoms with Crippen LogP contribution in [0.25, 0.3) is 0 Å². The topological polar surface area (TPSA) is 81.4 Å². The molecule has 0 atom stereocenters. The first kappa shape index (κ1) is 17.7. The van der Waals surface area contributed by atoms with E-state index in [0.717, 1.165) is 0 Å². The van der Waals surface area contributed by atoms with Gasteiger partial charge in [-0.15, -0.1) is 0 Å². The molecule has 1 heterocycles. The molecule has 0 radical (unpaired) electrons. The molecule has 0 spiro atoms. The van der Waals surface area contributed by atoms with Crippen LogP contribution in [0.4, 0.5) is 5.82 Å². The lowest BCUT2D eigenvalue weighted by Crippen LogP contribution is -2.20. The number of rotatable bonds is 6. The van der Waals surface area contributed by atoms with Crippen LogP contribution in [0.5, 0.6) is 5.75 Å². The predicted molar refractivity (Wildman–Crippen MR) is 96.7 cm³/mol. The Morgan fingerprint density at radius 2 is 1.69 bits per heavy atom. The second-order valence-corrected chi connectivity index (χ2v) is 5.96. The predicted octanol–water partition coefficient (Wildman–Crippen LogP) is 3.88. The molecule has 3 rings (SSSR count). The summed E-state index contributed by atoms with van der Waals surface area (Å²) in [4.78, 5) is 24.2. The third-order valence-corrected chi connectivity index (χ3v) is 3.74. The van der Waals surface area contributed by atoms with Crippen molar-refractivity contribution in [1.82, 2.24) is 5.16 Å². The minimum Gasteiger partial charge on any atom is -0.484 e. The van der Waals surface area contributed by atoms with Crippen LogP contribution in [0.15, 0.2) is 59.1 Å². The molecule has 0 aliphatic carbocycles. The molecular weight excluding hydrogens is 356 g/mol. The molecule has 1 aromatic heterocycles. The lowest BCUT2D eigenvalue weighted by atomic mass is 10.0. The highest BCUT2D eigenvalue weighted by Crippen LogP contribution is 2.17. The van der Waals surface area contributed by atoms with E-state index in [-0.39, 0.29) is 18.3 Å². The Kier molecular flexibility index (Phi) is 5.34. The van der Waals surface area contributed by atoms with E-state index in [1.807, 2.05) is 0 Å². The first-order valence-electron chi connectivity index (χ1n) is 7.77. The van der Waals surface area contributed by atoms with Gasteiger partial charge < -0.3 is 14.6 Å². The molecule has 1 amide bonds. The summed E-state index contributed by atoms with van der Waals surface area (Å²) in [5.74, 6) is 0.929. The van der Waals surface area contributed by atoms with Crippen molar-refractivity contribution in [3.05, 3.63) is 76.5 Å². The van der Waals surface area contributed by atoms with Crippen molar-refractivity contribution in [2.45, 2.75) is 6.92 Å². The van der Waals surface area contributed by atoms with E-state index < -0.39 is 0 Å². The Bertz CT molecular complexity index is 917. The van der Waals surface area contributed by atoms with Crippen molar-refractivity contribution in [3.8, 4) is 5.75 Å². The summed E-state index contributed by atoms with van der Waals surface area (Å²) in [6, 6.07) is 14.8. The number of amides is 1. The van der Waals surface area contributed by atoms with Gasteiger partial charge in [-0.25, -0.2) is 0 Å². The summed E-state index contributed by atoms with van der Waals surface area (Å²) < 4.78 is 10.3. The van der Waals surface area contributed by atoms with E-state index in [1.165, 1.54) is 0 Å². The molecule has 6 nitrogen and oxygen atoms in total. The normalized spacial score (nSPS) is 10.4. The van der Waals surface area contributed by atoms with E-state index in [9.17, 15) is 9.59 Å². The van der Waals surface area contributed by atoms with Crippen LogP contribution in [0, 0.1) is 6.92 Å². The summed E-state index contributed by atoms with van der Waals surface area (Å²) in [5.41, 5.74) is 1.06. The Labute approximate surface area is 154 Å². The van der Waals surface area contributed by atoms with Crippen molar-refractivity contribution >= 4 is 29.1 Å². The smallest absolute Gasteiger partial charge is 0.263 e. The average molecular weight is 371 g/mol. The van der Waals surface area contributed by atoms with Gasteiger partial charge in [0.2, 0.25) is 0 Å². The number of ketones is 1. The van der Waals surface area contributed by atoms with Crippen LogP contribution in [-0.4, -0.2) is 23.5 Å². The van der Waals surface area contributed by atoms with Gasteiger partial charge in [-0.1, -0.05) is 16.8 Å². The van der Waals surface area contributed by atoms with Crippen molar-refractivity contribution in [3.63, 3.8) is 0 Å². The summed E-state index contributed by atoms with van der Waals surface area (Å²) in [6.45, 7) is 1.54. The SMILES string of the molecule is Cc1cc(NC(=O)COc2ccc(C(=O)c3ccc(Cl)cc3)cc2)no1. The lowest BCUT2D eigenvalue weighted by Gasteiger charge is -2.07. The fourth-order valence-electron chi connectivity index (χ4n) is 2.22. The maximum absolute atomic E-state index is 12.4. The number of nitrogens with one attached hydrogen (secondary N) is 1. The summed E-state index contributed by atoms with van der Waals surface area (Å²) in [5, 5.41) is 6.80. The molecule has 26 heavy (non-hydrogen) atoms. The number of aromatic nitrogens is 1. The average Bonchev–Trinajstić information content (AvgIpc) is 3.05. The van der Waals surface area contributed by atoms with Gasteiger partial charge >= 0.3 is 0 Å². The van der Waals surface area contributed by atoms with Crippen LogP contribution in [-0.2, 0) is 4.79 Å². The fourth-order valence-corrected chi connectivity index (χ4v) is 2.35. The molecule has 0 bridgehead atoms. The standard InChI is InChI=1S/C19H15ClN2O4/c1-12-10-17(22-26-12)21-18(23)11-25-16-8-4-14(5-9-16)19(24)13-2-6-15(20)7-3-13/h2-10H,11H2,1H3,(H,21,22,23). The Morgan fingerprint density at radius 3 is 2.27 bits per heavy atom. The van der Waals surface area contributed by atoms with Crippen LogP contribution < -0.4 is 10.1 Å². The van der Waals surface area contributed by atoms with Crippen molar-refractivity contribution in [2.75, 3.05) is 11.9 Å². The van der Waals surface area contributed by atoms with E-state index >= 15 is 0 Å². The molecule has 132 valence electrons. The van der Waals surface area contributed by atoms with Crippen molar-refractivity contribution < 1.29 is 18.8 Å². The highest BCUT2D eigenvalue weighted by Gasteiger charge is 2.10. The third kappa shape index (κ3) is 4.49. The van der Waals surface area contributed by atoms with Crippen LogP contribution >= 0.6 is 11.6 Å². The molecule has 0 saturated carbocycles. The number of carbonyl (C=O) groups excluding carboxylic acids is 2. The van der Waals surface area contributed by atoms with Gasteiger partial charge in [0.05, 0.1) is 0 Å². The van der Waals surface area contributed by atoms with Gasteiger partial charge in [-0.2, -0.15) is 0 Å². The number of halogens is 1. The maximum Gasteiger partial charge on any atom is 0.263 e. The zero-order valence-electron chi connectivity index (χ0n) is 13.9. The molecule has 2 aromatic carbocycles. The number of aryl methyl sites for hydroxylation is 1. The number of anilines is 1. The number of ether oxygens (including phenoxy) is 1. The van der Waals surface area contributed by atoms with Gasteiger partial charge in [-0.05, 0) is 55.5 Å². The van der Waals surface area contributed by atoms with Crippen LogP contribution in [0.3, 0.4) is 0 Å². The molecule has 7 heteroatoms. The zero-order valence-corrected chi connectivity index (χ0v) is 14.6. The highest BCUT2D eigenvalue weighted by molar-refractivity contribution is 6.30. The van der Waals surface area contributed by atoms with Crippen molar-refractivity contribution in [2.24, 2.45) is 0 Å². The second kappa shape index (κ2) is 7.84. The van der Waals surface area contributed by atoms with E-state index in [0.29, 0.717) is 33.5 Å². The minimum absolute atomic E-state index is 0.118. The van der Waals surface area contributed by atoms with E-state index in [1.54, 1.807) is 61.5 Å². The maximum atomic E-state index is 12.4. The number of hydrogen-bond acceptors (Lipinski definition) is 5. The molecule has 0 fully saturated rings. The minimum atomic E-state index is -0.361. The Hall–Kier alpha value is -3.12. The van der Waals surface area contributed by atoms with Gasteiger partial charge in [0.15, 0.2) is 18.2 Å². The fraction of sp³-hybridized carbons (Fsp3) is 0.105. The summed E-state index contributed by atoms with van der Waals surface area (Å²) >= 11 is 5.83. The molecule has 0 aliphatic heterocycles. The lowest BCUT2D eigenvalue weighted by molar-refractivity contribution is -0.118. The Balaban J connectivity index is 1.56. The summed E-state index contributed by atoms with van der Waals surface area (Å²) in [7, 11) is 0. The van der Waals surface area contributed by atoms with E-state index in [2.05, 4.69) is 10.5 Å². The molecule has 0 unspecified atom stereocenters. The molecule has 3 aromatic rings. The first-order valence-corrected chi connectivity index (χ1v) is 8.15. The number of hydrogen-bond donors (Lipinski definition) is 1. The first-order chi connectivity index (χ1) is 12.5. The van der Waals surface area contributed by atoms with Gasteiger partial charge in [0, 0.05) is 22.2 Å². The van der Waals surface area contributed by atoms with Crippen LogP contribution in [0.1, 0.15) is 21.7 Å². The second-order valence-electron chi connectivity index (χ2n) is 5.52.